The van der Waals surface area contributed by atoms with Crippen LogP contribution in [0.4, 0.5) is 0 Å². The number of hydrogen-bond acceptors (Lipinski definition) is 4. The number of aliphatic hydroxyl groups is 1. The molecule has 0 aliphatic carbocycles. The van der Waals surface area contributed by atoms with Gasteiger partial charge in [0.25, 0.3) is 0 Å². The van der Waals surface area contributed by atoms with Crippen LogP contribution >= 0.6 is 0 Å². The molecule has 5 heteroatoms. The van der Waals surface area contributed by atoms with Gasteiger partial charge in [0.15, 0.2) is 0 Å². The second-order valence-electron chi connectivity index (χ2n) is 4.44. The van der Waals surface area contributed by atoms with Crippen LogP contribution in [0.5, 0.6) is 0 Å². The van der Waals surface area contributed by atoms with Gasteiger partial charge in [-0.05, 0) is 13.8 Å². The molecule has 2 heterocycles. The SMILES string of the molecule is CC1CC(O)(c2cnnn2C)CC(C)O1. The van der Waals surface area contributed by atoms with Crippen LogP contribution in [0.3, 0.4) is 0 Å². The van der Waals surface area contributed by atoms with Crippen LogP contribution < -0.4 is 0 Å². The van der Waals surface area contributed by atoms with Crippen LogP contribution in [0.1, 0.15) is 32.4 Å². The second kappa shape index (κ2) is 3.57. The fourth-order valence-electron chi connectivity index (χ4n) is 2.45. The molecule has 0 bridgehead atoms. The number of rotatable bonds is 1. The van der Waals surface area contributed by atoms with Crippen molar-refractivity contribution in [1.82, 2.24) is 15.0 Å². The van der Waals surface area contributed by atoms with Crippen molar-refractivity contribution in [3.05, 3.63) is 11.9 Å². The Morgan fingerprint density at radius 2 is 2.07 bits per heavy atom. The van der Waals surface area contributed by atoms with E-state index < -0.39 is 5.60 Å². The standard InChI is InChI=1S/C10H17N3O2/c1-7-4-10(14,5-8(2)15-7)9-6-11-12-13(9)3/h6-8,14H,4-5H2,1-3H3. The van der Waals surface area contributed by atoms with Crippen LogP contribution in [0, 0.1) is 0 Å². The third-order valence-electron chi connectivity index (χ3n) is 2.91. The third kappa shape index (κ3) is 1.89. The Bertz CT molecular complexity index is 340. The predicted molar refractivity (Wildman–Crippen MR) is 54.1 cm³/mol. The van der Waals surface area contributed by atoms with Gasteiger partial charge in [-0.2, -0.15) is 0 Å². The van der Waals surface area contributed by atoms with Crippen molar-refractivity contribution in [2.24, 2.45) is 7.05 Å². The largest absolute Gasteiger partial charge is 0.383 e. The van der Waals surface area contributed by atoms with Crippen molar-refractivity contribution in [2.45, 2.75) is 44.5 Å². The molecule has 2 rings (SSSR count). The van der Waals surface area contributed by atoms with Crippen molar-refractivity contribution in [3.8, 4) is 0 Å². The summed E-state index contributed by atoms with van der Waals surface area (Å²) in [6.07, 6.45) is 2.95. The molecule has 1 fully saturated rings. The van der Waals surface area contributed by atoms with Crippen molar-refractivity contribution in [1.29, 1.82) is 0 Å². The summed E-state index contributed by atoms with van der Waals surface area (Å²) in [4.78, 5) is 0. The van der Waals surface area contributed by atoms with E-state index >= 15 is 0 Å². The van der Waals surface area contributed by atoms with E-state index in [1.165, 1.54) is 0 Å². The Hall–Kier alpha value is -0.940. The van der Waals surface area contributed by atoms with E-state index in [1.807, 2.05) is 13.8 Å². The van der Waals surface area contributed by atoms with Crippen molar-refractivity contribution < 1.29 is 9.84 Å². The molecular weight excluding hydrogens is 194 g/mol. The third-order valence-corrected chi connectivity index (χ3v) is 2.91. The van der Waals surface area contributed by atoms with Crippen molar-refractivity contribution >= 4 is 0 Å². The second-order valence-corrected chi connectivity index (χ2v) is 4.44. The summed E-state index contributed by atoms with van der Waals surface area (Å²) in [5, 5.41) is 18.2. The average Bonchev–Trinajstić information content (AvgIpc) is 2.48. The molecule has 0 saturated carbocycles. The topological polar surface area (TPSA) is 60.2 Å². The van der Waals surface area contributed by atoms with Crippen LogP contribution in [0.2, 0.25) is 0 Å². The summed E-state index contributed by atoms with van der Waals surface area (Å²) in [6.45, 7) is 3.95. The molecule has 0 spiro atoms. The molecule has 84 valence electrons. The molecule has 2 unspecified atom stereocenters. The minimum Gasteiger partial charge on any atom is -0.383 e. The molecule has 1 aromatic heterocycles. The molecule has 1 N–H and O–H groups in total. The minimum absolute atomic E-state index is 0.0636. The zero-order chi connectivity index (χ0) is 11.1. The van der Waals surface area contributed by atoms with E-state index in [-0.39, 0.29) is 12.2 Å². The molecule has 0 aromatic carbocycles. The van der Waals surface area contributed by atoms with Crippen LogP contribution in [0.25, 0.3) is 0 Å². The van der Waals surface area contributed by atoms with Crippen LogP contribution in [0.15, 0.2) is 6.20 Å². The first-order valence-corrected chi connectivity index (χ1v) is 5.24. The van der Waals surface area contributed by atoms with Gasteiger partial charge in [-0.25, -0.2) is 4.68 Å². The molecule has 1 aliphatic rings. The highest BCUT2D eigenvalue weighted by Crippen LogP contribution is 2.36. The maximum atomic E-state index is 10.6. The fraction of sp³-hybridized carbons (Fsp3) is 0.800. The fourth-order valence-corrected chi connectivity index (χ4v) is 2.45. The Labute approximate surface area is 89.0 Å². The lowest BCUT2D eigenvalue weighted by atomic mass is 9.85. The zero-order valence-electron chi connectivity index (χ0n) is 9.34. The minimum atomic E-state index is -0.852. The summed E-state index contributed by atoms with van der Waals surface area (Å²) in [7, 11) is 1.80. The lowest BCUT2D eigenvalue weighted by Crippen LogP contribution is -2.42. The molecule has 1 saturated heterocycles. The van der Waals surface area contributed by atoms with Gasteiger partial charge in [-0.3, -0.25) is 0 Å². The van der Waals surface area contributed by atoms with Gasteiger partial charge in [-0.1, -0.05) is 5.21 Å². The summed E-state index contributed by atoms with van der Waals surface area (Å²) in [5.74, 6) is 0. The molecule has 1 aromatic rings. The van der Waals surface area contributed by atoms with E-state index in [9.17, 15) is 5.11 Å². The summed E-state index contributed by atoms with van der Waals surface area (Å²) < 4.78 is 7.24. The summed E-state index contributed by atoms with van der Waals surface area (Å²) >= 11 is 0. The number of ether oxygens (including phenoxy) is 1. The first kappa shape index (κ1) is 10.6. The normalized spacial score (nSPS) is 36.8. The summed E-state index contributed by atoms with van der Waals surface area (Å²) in [5.41, 5.74) is -0.0838. The molecule has 0 amide bonds. The van der Waals surface area contributed by atoms with E-state index in [0.29, 0.717) is 12.8 Å². The zero-order valence-corrected chi connectivity index (χ0v) is 9.34. The molecule has 2 atom stereocenters. The van der Waals surface area contributed by atoms with E-state index in [1.54, 1.807) is 17.9 Å². The summed E-state index contributed by atoms with van der Waals surface area (Å²) in [6, 6.07) is 0. The van der Waals surface area contributed by atoms with Gasteiger partial charge in [0.2, 0.25) is 0 Å². The van der Waals surface area contributed by atoms with Gasteiger partial charge in [-0.15, -0.1) is 5.10 Å². The van der Waals surface area contributed by atoms with Gasteiger partial charge >= 0.3 is 0 Å². The number of nitrogens with zero attached hydrogens (tertiary/aromatic N) is 3. The lowest BCUT2D eigenvalue weighted by molar-refractivity contribution is -0.138. The highest BCUT2D eigenvalue weighted by atomic mass is 16.5. The van der Waals surface area contributed by atoms with E-state index in [2.05, 4.69) is 10.3 Å². The van der Waals surface area contributed by atoms with E-state index in [4.69, 9.17) is 4.74 Å². The maximum Gasteiger partial charge on any atom is 0.113 e. The van der Waals surface area contributed by atoms with Crippen molar-refractivity contribution in [3.63, 3.8) is 0 Å². The highest BCUT2D eigenvalue weighted by molar-refractivity contribution is 5.10. The first-order chi connectivity index (χ1) is 7.01. The first-order valence-electron chi connectivity index (χ1n) is 5.24. The monoisotopic (exact) mass is 211 g/mol. The van der Waals surface area contributed by atoms with Crippen LogP contribution in [-0.4, -0.2) is 32.3 Å². The molecule has 5 nitrogen and oxygen atoms in total. The Kier molecular flexibility index (Phi) is 2.52. The Morgan fingerprint density at radius 1 is 1.47 bits per heavy atom. The average molecular weight is 211 g/mol. The number of aromatic nitrogens is 3. The van der Waals surface area contributed by atoms with Gasteiger partial charge in [0, 0.05) is 19.9 Å². The molecular formula is C10H17N3O2. The highest BCUT2D eigenvalue weighted by Gasteiger charge is 2.40. The lowest BCUT2D eigenvalue weighted by Gasteiger charge is -2.38. The number of hydrogen-bond donors (Lipinski definition) is 1. The van der Waals surface area contributed by atoms with Gasteiger partial charge in [0.1, 0.15) is 5.60 Å². The van der Waals surface area contributed by atoms with Gasteiger partial charge < -0.3 is 9.84 Å². The van der Waals surface area contributed by atoms with Gasteiger partial charge in [0.05, 0.1) is 24.1 Å². The van der Waals surface area contributed by atoms with Crippen LogP contribution in [-0.2, 0) is 17.4 Å². The smallest absolute Gasteiger partial charge is 0.113 e. The van der Waals surface area contributed by atoms with E-state index in [0.717, 1.165) is 5.69 Å². The molecule has 15 heavy (non-hydrogen) atoms. The molecule has 0 radical (unpaired) electrons. The predicted octanol–water partition coefficient (Wildman–Crippen LogP) is 0.590. The van der Waals surface area contributed by atoms with Crippen molar-refractivity contribution in [2.75, 3.05) is 0 Å². The Balaban J connectivity index is 2.29. The molecule has 1 aliphatic heterocycles. The number of aryl methyl sites for hydroxylation is 1. The maximum absolute atomic E-state index is 10.6. The Morgan fingerprint density at radius 3 is 2.53 bits per heavy atom. The quantitative estimate of drug-likeness (QED) is 0.738.